The summed E-state index contributed by atoms with van der Waals surface area (Å²) in [6.07, 6.45) is 1.40. The van der Waals surface area contributed by atoms with Gasteiger partial charge >= 0.3 is 12.1 Å². The molecular weight excluding hydrogens is 791 g/mol. The molecule has 3 aromatic rings. The highest BCUT2D eigenvalue weighted by molar-refractivity contribution is 6.42. The van der Waals surface area contributed by atoms with Crippen molar-refractivity contribution in [2.75, 3.05) is 73.4 Å². The summed E-state index contributed by atoms with van der Waals surface area (Å²) in [6.45, 7) is 15.4. The quantitative estimate of drug-likeness (QED) is 0.135. The Morgan fingerprint density at radius 1 is 0.931 bits per heavy atom. The number of piperidine rings is 1. The van der Waals surface area contributed by atoms with E-state index in [4.69, 9.17) is 42.1 Å². The van der Waals surface area contributed by atoms with Crippen molar-refractivity contribution < 1.29 is 38.4 Å². The van der Waals surface area contributed by atoms with Gasteiger partial charge in [0.1, 0.15) is 45.1 Å². The zero-order valence-electron chi connectivity index (χ0n) is 34.9. The number of amides is 4. The number of urea groups is 1. The maximum Gasteiger partial charge on any atom is 0.420 e. The molecule has 1 aromatic heterocycles. The summed E-state index contributed by atoms with van der Waals surface area (Å²) in [5, 5.41) is 14.1. The van der Waals surface area contributed by atoms with Crippen LogP contribution in [-0.4, -0.2) is 110 Å². The Morgan fingerprint density at radius 3 is 2.03 bits per heavy atom. The van der Waals surface area contributed by atoms with E-state index in [0.29, 0.717) is 6.04 Å². The predicted octanol–water partition coefficient (Wildman–Crippen LogP) is 7.68. The monoisotopic (exact) mass is 844 g/mol. The SMILES string of the molecule is C=CC(=O)Nc1cc(N2CCC(N(C)C)CC2)ccc1N(C(=O)OC(C)(C)C)c1cc(N(C)C(=O)N(c2c(Cl)c(OC)cc(OC)c2Cl)C(O)OC(C)(C)C)ncn1. The molecule has 16 nitrogen and oxygen atoms in total. The number of ether oxygens (including phenoxy) is 4. The van der Waals surface area contributed by atoms with Gasteiger partial charge in [0.05, 0.1) is 36.9 Å². The number of aliphatic hydroxyl groups is 1. The molecule has 2 N–H and O–H groups in total. The molecule has 0 spiro atoms. The molecule has 2 heterocycles. The molecule has 1 fully saturated rings. The molecule has 58 heavy (non-hydrogen) atoms. The lowest BCUT2D eigenvalue weighted by molar-refractivity contribution is -0.160. The van der Waals surface area contributed by atoms with Crippen LogP contribution in [0.2, 0.25) is 10.0 Å². The topological polar surface area (TPSA) is 162 Å². The number of anilines is 6. The van der Waals surface area contributed by atoms with Gasteiger partial charge in [-0.3, -0.25) is 9.69 Å². The van der Waals surface area contributed by atoms with Crippen LogP contribution in [0.25, 0.3) is 0 Å². The Morgan fingerprint density at radius 2 is 1.52 bits per heavy atom. The second-order valence-corrected chi connectivity index (χ2v) is 16.4. The number of halogens is 2. The summed E-state index contributed by atoms with van der Waals surface area (Å²) < 4.78 is 22.5. The van der Waals surface area contributed by atoms with Crippen molar-refractivity contribution in [1.29, 1.82) is 0 Å². The molecule has 316 valence electrons. The van der Waals surface area contributed by atoms with Crippen LogP contribution in [0.4, 0.5) is 44.0 Å². The summed E-state index contributed by atoms with van der Waals surface area (Å²) in [6, 6.07) is 7.67. The fourth-order valence-corrected chi connectivity index (χ4v) is 6.80. The van der Waals surface area contributed by atoms with Crippen LogP contribution in [0.1, 0.15) is 54.4 Å². The van der Waals surface area contributed by atoms with Gasteiger partial charge in [0, 0.05) is 44.0 Å². The molecule has 2 aromatic carbocycles. The fraction of sp³-hybridized carbons (Fsp3) is 0.475. The van der Waals surface area contributed by atoms with Gasteiger partial charge in [-0.2, -0.15) is 0 Å². The number of hydrogen-bond acceptors (Lipinski definition) is 12. The normalized spacial score (nSPS) is 14.1. The van der Waals surface area contributed by atoms with Crippen LogP contribution >= 0.6 is 23.2 Å². The lowest BCUT2D eigenvalue weighted by atomic mass is 10.0. The minimum absolute atomic E-state index is 0.0234. The van der Waals surface area contributed by atoms with E-state index in [1.54, 1.807) is 53.7 Å². The zero-order chi connectivity index (χ0) is 43.3. The van der Waals surface area contributed by atoms with Crippen LogP contribution in [0.5, 0.6) is 11.5 Å². The zero-order valence-corrected chi connectivity index (χ0v) is 36.4. The number of carbonyl (C=O) groups is 3. The number of nitrogens with one attached hydrogen (secondary N) is 1. The third kappa shape index (κ3) is 11.0. The second-order valence-electron chi connectivity index (χ2n) is 15.7. The maximum atomic E-state index is 14.6. The Balaban J connectivity index is 1.86. The van der Waals surface area contributed by atoms with E-state index >= 15 is 0 Å². The summed E-state index contributed by atoms with van der Waals surface area (Å²) in [7, 11) is 8.26. The van der Waals surface area contributed by atoms with E-state index < -0.39 is 35.6 Å². The molecule has 1 unspecified atom stereocenters. The molecule has 1 aliphatic heterocycles. The number of nitrogens with zero attached hydrogens (tertiary/aromatic N) is 7. The molecule has 1 atom stereocenters. The highest BCUT2D eigenvalue weighted by Gasteiger charge is 2.37. The molecule has 0 aliphatic carbocycles. The van der Waals surface area contributed by atoms with E-state index in [9.17, 15) is 19.5 Å². The van der Waals surface area contributed by atoms with Gasteiger partial charge in [-0.25, -0.2) is 29.4 Å². The van der Waals surface area contributed by atoms with Crippen LogP contribution in [-0.2, 0) is 14.3 Å². The van der Waals surface area contributed by atoms with Crippen molar-refractivity contribution >= 4 is 75.6 Å². The number of benzene rings is 2. The van der Waals surface area contributed by atoms with E-state index in [1.807, 2.05) is 6.07 Å². The Kier molecular flexibility index (Phi) is 14.9. The maximum absolute atomic E-state index is 14.6. The van der Waals surface area contributed by atoms with Crippen molar-refractivity contribution in [3.63, 3.8) is 0 Å². The highest BCUT2D eigenvalue weighted by Crippen LogP contribution is 2.47. The second kappa shape index (κ2) is 18.8. The number of rotatable bonds is 12. The average molecular weight is 846 g/mol. The average Bonchev–Trinajstić information content (AvgIpc) is 3.15. The fourth-order valence-electron chi connectivity index (χ4n) is 6.12. The number of hydrogen-bond donors (Lipinski definition) is 2. The Hall–Kier alpha value is -4.87. The molecule has 18 heteroatoms. The first kappa shape index (κ1) is 45.8. The minimum Gasteiger partial charge on any atom is -0.495 e. The van der Waals surface area contributed by atoms with Gasteiger partial charge in [0.15, 0.2) is 0 Å². The van der Waals surface area contributed by atoms with Crippen molar-refractivity contribution in [3.8, 4) is 11.5 Å². The van der Waals surface area contributed by atoms with E-state index in [1.165, 1.54) is 38.3 Å². The van der Waals surface area contributed by atoms with E-state index in [0.717, 1.165) is 53.8 Å². The molecular formula is C40H54Cl2N8O8. The lowest BCUT2D eigenvalue weighted by Gasteiger charge is -2.37. The van der Waals surface area contributed by atoms with Crippen molar-refractivity contribution in [2.24, 2.45) is 0 Å². The molecule has 0 bridgehead atoms. The smallest absolute Gasteiger partial charge is 0.420 e. The van der Waals surface area contributed by atoms with E-state index in [2.05, 4.69) is 45.8 Å². The summed E-state index contributed by atoms with van der Waals surface area (Å²) >= 11 is 13.5. The Bertz CT molecular complexity index is 1950. The molecule has 0 saturated carbocycles. The van der Waals surface area contributed by atoms with Crippen LogP contribution in [0, 0.1) is 0 Å². The summed E-state index contributed by atoms with van der Waals surface area (Å²) in [5.74, 6) is -0.366. The minimum atomic E-state index is -1.94. The highest BCUT2D eigenvalue weighted by atomic mass is 35.5. The third-order valence-corrected chi connectivity index (χ3v) is 9.71. The number of methoxy groups -OCH3 is 2. The molecule has 1 saturated heterocycles. The lowest BCUT2D eigenvalue weighted by Crippen LogP contribution is -2.51. The number of aromatic nitrogens is 2. The van der Waals surface area contributed by atoms with E-state index in [-0.39, 0.29) is 50.2 Å². The van der Waals surface area contributed by atoms with Crippen molar-refractivity contribution in [3.05, 3.63) is 59.4 Å². The molecule has 4 amide bonds. The molecule has 4 rings (SSSR count). The molecule has 1 aliphatic rings. The summed E-state index contributed by atoms with van der Waals surface area (Å²) in [5.41, 5.74) is -0.748. The standard InChI is InChI=1S/C40H54Cl2N8O8/c1-13-32(51)45-26-20-25(48-18-16-24(17-19-48)46(8)9)14-15-27(26)49(37(53)57-39(2,3)4)31-22-30(43-23-44-31)47(10)36(52)50(38(54)58-40(5,6)7)35-33(41)28(55-11)21-29(56-12)34(35)42/h13-15,20-24,38,54H,1,16-19H2,2-12H3,(H,45,51). The van der Waals surface area contributed by atoms with Crippen LogP contribution in [0.3, 0.4) is 0 Å². The first-order valence-corrected chi connectivity index (χ1v) is 19.2. The first-order chi connectivity index (χ1) is 27.1. The predicted molar refractivity (Wildman–Crippen MR) is 227 cm³/mol. The largest absolute Gasteiger partial charge is 0.495 e. The van der Waals surface area contributed by atoms with Gasteiger partial charge in [0.2, 0.25) is 12.3 Å². The Labute approximate surface area is 350 Å². The van der Waals surface area contributed by atoms with Gasteiger partial charge < -0.3 is 39.2 Å². The van der Waals surface area contributed by atoms with Gasteiger partial charge in [-0.05, 0) is 92.8 Å². The van der Waals surface area contributed by atoms with Crippen molar-refractivity contribution in [1.82, 2.24) is 14.9 Å². The number of aliphatic hydroxyl groups excluding tert-OH is 1. The molecule has 0 radical (unpaired) electrons. The number of carbonyl (C=O) groups excluding carboxylic acids is 3. The van der Waals surface area contributed by atoms with Gasteiger partial charge in [-0.15, -0.1) is 0 Å². The third-order valence-electron chi connectivity index (χ3n) is 8.98. The van der Waals surface area contributed by atoms with Gasteiger partial charge in [-0.1, -0.05) is 29.8 Å². The van der Waals surface area contributed by atoms with Crippen LogP contribution < -0.4 is 34.4 Å². The first-order valence-electron chi connectivity index (χ1n) is 18.5. The summed E-state index contributed by atoms with van der Waals surface area (Å²) in [4.78, 5) is 57.9. The van der Waals surface area contributed by atoms with Gasteiger partial charge in [0.25, 0.3) is 0 Å². The van der Waals surface area contributed by atoms with Crippen molar-refractivity contribution in [2.45, 2.75) is 78.0 Å². The van der Waals surface area contributed by atoms with Crippen LogP contribution in [0.15, 0.2) is 49.3 Å².